The van der Waals surface area contributed by atoms with E-state index in [1.807, 2.05) is 0 Å². The maximum atomic E-state index is 7.75. The first-order valence-corrected chi connectivity index (χ1v) is 11.0. The van der Waals surface area contributed by atoms with E-state index in [0.717, 1.165) is 25.7 Å². The Labute approximate surface area is 208 Å². The molecule has 186 valence electrons. The van der Waals surface area contributed by atoms with Crippen LogP contribution in [0.2, 0.25) is 0 Å². The fraction of sp³-hybridized carbons (Fsp3) is 0.917. The van der Waals surface area contributed by atoms with Crippen molar-refractivity contribution in [2.45, 2.75) is 144 Å². The molecule has 31 heavy (non-hydrogen) atoms. The van der Waals surface area contributed by atoms with E-state index in [4.69, 9.17) is 9.59 Å². The van der Waals surface area contributed by atoms with Crippen LogP contribution in [0.3, 0.4) is 0 Å². The van der Waals surface area contributed by atoms with Crippen LogP contribution in [0.25, 0.3) is 21.3 Å². The minimum atomic E-state index is 0. The fourth-order valence-corrected chi connectivity index (χ4v) is 2.44. The fourth-order valence-electron chi connectivity index (χ4n) is 2.44. The minimum absolute atomic E-state index is 0. The Bertz CT molecular complexity index is 322. The molecule has 0 saturated carbocycles. The summed E-state index contributed by atoms with van der Waals surface area (Å²) >= 11 is 0. The molecule has 0 heterocycles. The molecule has 6 nitrogen and oxygen atoms in total. The van der Waals surface area contributed by atoms with Crippen molar-refractivity contribution in [3.8, 4) is 0 Å². The topological polar surface area (TPSA) is 90.5 Å². The van der Waals surface area contributed by atoms with E-state index >= 15 is 0 Å². The maximum Gasteiger partial charge on any atom is 6.00 e. The van der Waals surface area contributed by atoms with Crippen LogP contribution >= 0.6 is 0 Å². The van der Waals surface area contributed by atoms with Crippen molar-refractivity contribution in [1.82, 2.24) is 0 Å². The molecule has 0 aliphatic carbocycles. The molecular weight excluding hydrogens is 477 g/mol. The van der Waals surface area contributed by atoms with Gasteiger partial charge >= 0.3 is 19.5 Å². The summed E-state index contributed by atoms with van der Waals surface area (Å²) in [5.74, 6) is 0. The first-order chi connectivity index (χ1) is 13.7. The maximum absolute atomic E-state index is 7.75. The Morgan fingerprint density at radius 3 is 0.968 bits per heavy atom. The average molecular weight is 528 g/mol. The molecule has 0 spiro atoms. The van der Waals surface area contributed by atoms with E-state index in [9.17, 15) is 0 Å². The number of rotatable bonds is 10. The van der Waals surface area contributed by atoms with Gasteiger partial charge in [0.15, 0.2) is 0 Å². The number of hydrogen-bond donors (Lipinski definition) is 0. The van der Waals surface area contributed by atoms with Crippen molar-refractivity contribution in [3.05, 3.63) is 21.3 Å². The minimum Gasteiger partial charge on any atom is -0.676 e. The van der Waals surface area contributed by atoms with Crippen LogP contribution in [0.5, 0.6) is 0 Å². The van der Waals surface area contributed by atoms with Gasteiger partial charge < -0.3 is 30.9 Å². The van der Waals surface area contributed by atoms with E-state index in [-0.39, 0.29) is 42.9 Å². The van der Waals surface area contributed by atoms with Crippen LogP contribution in [0.15, 0.2) is 0 Å². The van der Waals surface area contributed by atoms with Gasteiger partial charge in [0.05, 0.1) is 0 Å². The van der Waals surface area contributed by atoms with Crippen molar-refractivity contribution in [2.24, 2.45) is 0 Å². The van der Waals surface area contributed by atoms with E-state index in [1.54, 1.807) is 0 Å². The Kier molecular flexibility index (Phi) is 32.4. The van der Waals surface area contributed by atoms with Crippen LogP contribution in [0, 0.1) is 0 Å². The molecule has 0 fully saturated rings. The van der Waals surface area contributed by atoms with Crippen LogP contribution in [-0.2, 0) is 29.1 Å². The van der Waals surface area contributed by atoms with Crippen LogP contribution in [0.1, 0.15) is 109 Å². The molecule has 0 N–H and O–H groups in total. The largest absolute Gasteiger partial charge is 6.00 e. The first kappa shape index (κ1) is 41.1. The summed E-state index contributed by atoms with van der Waals surface area (Å²) in [6.45, 7) is 32.1. The summed E-state index contributed by atoms with van der Waals surface area (Å²) in [5.41, 5.74) is 0.0798. The van der Waals surface area contributed by atoms with Crippen molar-refractivity contribution in [1.29, 1.82) is 0 Å². The molecule has 0 aromatic rings. The molecule has 0 aromatic heterocycles. The summed E-state index contributed by atoms with van der Waals surface area (Å²) in [6.07, 6.45) is 4.86. The molecule has 2 unspecified atom stereocenters. The number of carbonyl (C=O) groups excluding carboxylic acids is 2. The van der Waals surface area contributed by atoms with Gasteiger partial charge in [-0.3, -0.25) is 13.6 Å². The third kappa shape index (κ3) is 40.7. The molecule has 2 atom stereocenters. The zero-order valence-electron chi connectivity index (χ0n) is 22.3. The van der Waals surface area contributed by atoms with Crippen molar-refractivity contribution < 1.29 is 29.1 Å². The molecule has 0 amide bonds. The van der Waals surface area contributed by atoms with Gasteiger partial charge in [-0.25, -0.2) is 12.3 Å². The summed E-state index contributed by atoms with van der Waals surface area (Å²) in [7, 11) is 0. The predicted octanol–water partition coefficient (Wildman–Crippen LogP) is 7.58. The third-order valence-corrected chi connectivity index (χ3v) is 3.11. The monoisotopic (exact) mass is 528 g/mol. The first-order valence-electron chi connectivity index (χ1n) is 11.0. The molecular formula is C24H50N4O2Ru. The Morgan fingerprint density at radius 2 is 0.839 bits per heavy atom. The summed E-state index contributed by atoms with van der Waals surface area (Å²) < 4.78 is 0. The Balaban J connectivity index is -0.000000122. The van der Waals surface area contributed by atoms with Crippen LogP contribution in [-0.4, -0.2) is 49.1 Å². The van der Waals surface area contributed by atoms with Gasteiger partial charge in [-0.05, 0) is 0 Å². The van der Waals surface area contributed by atoms with Gasteiger partial charge in [0, 0.05) is 0 Å². The second-order valence-corrected chi connectivity index (χ2v) is 9.62. The molecule has 0 aliphatic heterocycles. The molecule has 0 rings (SSSR count). The average Bonchev–Trinajstić information content (AvgIpc) is 2.55. The van der Waals surface area contributed by atoms with Gasteiger partial charge in [-0.2, -0.15) is 0 Å². The zero-order chi connectivity index (χ0) is 25.0. The summed E-state index contributed by atoms with van der Waals surface area (Å²) in [6, 6.07) is 0.783. The SMILES string of the molecule is CCCC([N-]C(C)C)[N-]C(C)(C)C.CCCC([N-]C(C)C)[N-]C(C)(C)C.[CH-]=O.[CH-]=O.[Ru+6]. The third-order valence-electron chi connectivity index (χ3n) is 3.11. The molecule has 7 heteroatoms. The van der Waals surface area contributed by atoms with Crippen LogP contribution < -0.4 is 0 Å². The van der Waals surface area contributed by atoms with E-state index in [2.05, 4.69) is 118 Å². The van der Waals surface area contributed by atoms with Crippen LogP contribution in [0.4, 0.5) is 0 Å². The number of hydrogen-bond acceptors (Lipinski definition) is 2. The molecule has 0 bridgehead atoms. The van der Waals surface area contributed by atoms with Gasteiger partial charge in [0.2, 0.25) is 0 Å². The molecule has 0 radical (unpaired) electrons. The van der Waals surface area contributed by atoms with E-state index in [1.165, 1.54) is 0 Å². The van der Waals surface area contributed by atoms with Crippen molar-refractivity contribution >= 4 is 13.6 Å². The van der Waals surface area contributed by atoms with E-state index < -0.39 is 0 Å². The molecule has 0 saturated heterocycles. The Morgan fingerprint density at radius 1 is 0.613 bits per heavy atom. The van der Waals surface area contributed by atoms with E-state index in [0.29, 0.717) is 12.1 Å². The van der Waals surface area contributed by atoms with Crippen molar-refractivity contribution in [3.63, 3.8) is 0 Å². The van der Waals surface area contributed by atoms with Crippen molar-refractivity contribution in [2.75, 3.05) is 0 Å². The smallest absolute Gasteiger partial charge is 0.676 e. The summed E-state index contributed by atoms with van der Waals surface area (Å²) in [4.78, 5) is 15.5. The van der Waals surface area contributed by atoms with Gasteiger partial charge in [-0.15, -0.1) is 23.2 Å². The Hall–Kier alpha value is -0.197. The normalized spacial score (nSPS) is 12.8. The zero-order valence-corrected chi connectivity index (χ0v) is 24.0. The second kappa shape index (κ2) is 24.4. The predicted molar refractivity (Wildman–Crippen MR) is 134 cm³/mol. The molecule has 0 aromatic carbocycles. The number of nitrogens with zero attached hydrogens (tertiary/aromatic N) is 4. The van der Waals surface area contributed by atoms with Gasteiger partial charge in [0.25, 0.3) is 0 Å². The quantitative estimate of drug-likeness (QED) is 0.166. The molecule has 0 aliphatic rings. The standard InChI is InChI=1S/2C11H24N2.2CHO.Ru/c2*1-7-8-10(12-9(2)3)13-11(4,5)6;2*1-2;/h2*9-10H,7-8H2,1-6H3;2*1H;/q2*-2;2*-1;+6. The second-order valence-electron chi connectivity index (χ2n) is 9.62. The van der Waals surface area contributed by atoms with Gasteiger partial charge in [-0.1, -0.05) is 109 Å². The van der Waals surface area contributed by atoms with Gasteiger partial charge in [0.1, 0.15) is 0 Å². The summed E-state index contributed by atoms with van der Waals surface area (Å²) in [5, 5.41) is 18.5.